The fourth-order valence-electron chi connectivity index (χ4n) is 3.24. The van der Waals surface area contributed by atoms with Gasteiger partial charge in [-0.2, -0.15) is 0 Å². The Kier molecular flexibility index (Phi) is 7.99. The number of nitrogens with one attached hydrogen (secondary N) is 2. The highest BCUT2D eigenvalue weighted by Gasteiger charge is 2.13. The van der Waals surface area contributed by atoms with Crippen LogP contribution in [0.5, 0.6) is 5.75 Å². The Balaban J connectivity index is 1.65. The summed E-state index contributed by atoms with van der Waals surface area (Å²) in [7, 11) is 0. The predicted molar refractivity (Wildman–Crippen MR) is 125 cm³/mol. The first-order chi connectivity index (χ1) is 15.6. The van der Waals surface area contributed by atoms with Crippen LogP contribution in [0.3, 0.4) is 0 Å². The monoisotopic (exact) mass is 427 g/mol. The van der Waals surface area contributed by atoms with Gasteiger partial charge in [0, 0.05) is 36.4 Å². The fraction of sp³-hybridized carbons (Fsp3) is 0.192. The van der Waals surface area contributed by atoms with E-state index in [9.17, 15) is 4.79 Å². The molecule has 3 N–H and O–H groups in total. The van der Waals surface area contributed by atoms with Crippen molar-refractivity contribution in [3.8, 4) is 17.6 Å². The fourth-order valence-corrected chi connectivity index (χ4v) is 3.24. The van der Waals surface area contributed by atoms with E-state index in [1.807, 2.05) is 54.6 Å². The zero-order valence-electron chi connectivity index (χ0n) is 17.8. The van der Waals surface area contributed by atoms with E-state index in [1.54, 1.807) is 19.3 Å². The molecule has 0 amide bonds. The van der Waals surface area contributed by atoms with Gasteiger partial charge in [0.05, 0.1) is 12.3 Å². The maximum Gasteiger partial charge on any atom is 0.304 e. The number of anilines is 1. The van der Waals surface area contributed by atoms with E-state index in [0.29, 0.717) is 18.9 Å². The van der Waals surface area contributed by atoms with Gasteiger partial charge in [-0.1, -0.05) is 36.3 Å². The van der Waals surface area contributed by atoms with Crippen LogP contribution in [0, 0.1) is 17.3 Å². The largest absolute Gasteiger partial charge is 0.489 e. The zero-order valence-corrected chi connectivity index (χ0v) is 17.8. The maximum absolute atomic E-state index is 11.1. The molecule has 32 heavy (non-hydrogen) atoms. The zero-order chi connectivity index (χ0) is 22.8. The number of ether oxygens (including phenoxy) is 1. The third-order valence-electron chi connectivity index (χ3n) is 4.86. The summed E-state index contributed by atoms with van der Waals surface area (Å²) in [5.74, 6) is 5.22. The second-order valence-corrected chi connectivity index (χ2v) is 7.18. The van der Waals surface area contributed by atoms with E-state index >= 15 is 0 Å². The Morgan fingerprint density at radius 3 is 2.69 bits per heavy atom. The highest BCUT2D eigenvalue weighted by atomic mass is 16.5. The Hall–Kier alpha value is -4.11. The number of hydrogen-bond acceptors (Lipinski definition) is 5. The van der Waals surface area contributed by atoms with E-state index in [0.717, 1.165) is 27.9 Å². The molecule has 0 aliphatic carbocycles. The van der Waals surface area contributed by atoms with Crippen LogP contribution in [0.4, 0.5) is 5.69 Å². The van der Waals surface area contributed by atoms with E-state index in [1.165, 1.54) is 6.21 Å². The molecule has 0 bridgehead atoms. The second-order valence-electron chi connectivity index (χ2n) is 7.18. The number of aromatic nitrogens is 1. The molecule has 0 radical (unpaired) electrons. The molecule has 0 spiro atoms. The number of carbonyl (C=O) groups is 1. The lowest BCUT2D eigenvalue weighted by Gasteiger charge is -2.13. The normalized spacial score (nSPS) is 11.0. The minimum atomic E-state index is -0.876. The van der Waals surface area contributed by atoms with Gasteiger partial charge in [-0.05, 0) is 47.9 Å². The van der Waals surface area contributed by atoms with Crippen LogP contribution in [-0.4, -0.2) is 22.3 Å². The summed E-state index contributed by atoms with van der Waals surface area (Å²) in [5, 5.41) is 20.1. The number of aliphatic carboxylic acids is 1. The van der Waals surface area contributed by atoms with Crippen molar-refractivity contribution in [2.75, 3.05) is 5.32 Å². The van der Waals surface area contributed by atoms with E-state index in [-0.39, 0.29) is 12.3 Å². The van der Waals surface area contributed by atoms with Crippen molar-refractivity contribution in [3.05, 3.63) is 89.2 Å². The molecule has 0 aliphatic heterocycles. The SMILES string of the molecule is CC#C[C@@H](CC(=O)O)c1ccc(OCc2ccc(C=N)c(NCc3cccnc3)c2)cc1. The molecular formula is C26H25N3O3. The van der Waals surface area contributed by atoms with Crippen LogP contribution in [0.25, 0.3) is 0 Å². The minimum Gasteiger partial charge on any atom is -0.489 e. The van der Waals surface area contributed by atoms with Gasteiger partial charge < -0.3 is 20.6 Å². The third kappa shape index (κ3) is 6.44. The van der Waals surface area contributed by atoms with Gasteiger partial charge >= 0.3 is 5.97 Å². The Morgan fingerprint density at radius 1 is 1.22 bits per heavy atom. The molecule has 1 atom stereocenters. The maximum atomic E-state index is 11.1. The average Bonchev–Trinajstić information content (AvgIpc) is 2.82. The summed E-state index contributed by atoms with van der Waals surface area (Å²) in [6, 6.07) is 17.0. The van der Waals surface area contributed by atoms with Crippen LogP contribution in [0.1, 0.15) is 41.5 Å². The number of carboxylic acids is 1. The van der Waals surface area contributed by atoms with Crippen molar-refractivity contribution in [2.45, 2.75) is 32.4 Å². The van der Waals surface area contributed by atoms with Crippen LogP contribution >= 0.6 is 0 Å². The van der Waals surface area contributed by atoms with Crippen molar-refractivity contribution in [1.29, 1.82) is 5.41 Å². The number of rotatable bonds is 10. The molecule has 0 saturated heterocycles. The summed E-state index contributed by atoms with van der Waals surface area (Å²) in [5.41, 5.74) is 4.53. The first-order valence-electron chi connectivity index (χ1n) is 10.2. The number of benzene rings is 2. The molecule has 1 aromatic heterocycles. The quantitative estimate of drug-likeness (QED) is 0.317. The average molecular weight is 428 g/mol. The minimum absolute atomic E-state index is 0.0325. The van der Waals surface area contributed by atoms with Crippen LogP contribution < -0.4 is 10.1 Å². The highest BCUT2D eigenvalue weighted by Crippen LogP contribution is 2.23. The first kappa shape index (κ1) is 22.6. The summed E-state index contributed by atoms with van der Waals surface area (Å²) in [6.07, 6.45) is 4.83. The van der Waals surface area contributed by atoms with Crippen LogP contribution in [0.2, 0.25) is 0 Å². The smallest absolute Gasteiger partial charge is 0.304 e. The molecule has 3 rings (SSSR count). The lowest BCUT2D eigenvalue weighted by atomic mass is 9.96. The molecule has 0 saturated carbocycles. The van der Waals surface area contributed by atoms with Gasteiger partial charge in [0.25, 0.3) is 0 Å². The first-order valence-corrected chi connectivity index (χ1v) is 10.2. The molecule has 2 aromatic carbocycles. The summed E-state index contributed by atoms with van der Waals surface area (Å²) < 4.78 is 5.91. The molecule has 6 heteroatoms. The summed E-state index contributed by atoms with van der Waals surface area (Å²) >= 11 is 0. The van der Waals surface area contributed by atoms with Crippen molar-refractivity contribution in [3.63, 3.8) is 0 Å². The molecule has 0 fully saturated rings. The number of carboxylic acid groups (broad SMARTS) is 1. The van der Waals surface area contributed by atoms with Crippen molar-refractivity contribution < 1.29 is 14.6 Å². The van der Waals surface area contributed by atoms with E-state index in [4.69, 9.17) is 15.3 Å². The molecule has 6 nitrogen and oxygen atoms in total. The van der Waals surface area contributed by atoms with Gasteiger partial charge in [0.2, 0.25) is 0 Å². The number of pyridine rings is 1. The Bertz CT molecular complexity index is 1120. The standard InChI is InChI=1S/C26H25N3O3/c1-2-4-22(14-26(30)31)21-8-10-24(11-9-21)32-18-19-6-7-23(15-27)25(13-19)29-17-20-5-3-12-28-16-20/h3,5-13,15-16,22,27,29H,14,17-18H2,1H3,(H,30,31)/t22-/m0/s1. The predicted octanol–water partition coefficient (Wildman–Crippen LogP) is 4.85. The molecule has 0 unspecified atom stereocenters. The van der Waals surface area contributed by atoms with Gasteiger partial charge in [-0.15, -0.1) is 5.92 Å². The van der Waals surface area contributed by atoms with E-state index < -0.39 is 5.97 Å². The molecule has 1 heterocycles. The van der Waals surface area contributed by atoms with Crippen LogP contribution in [0.15, 0.2) is 67.0 Å². The van der Waals surface area contributed by atoms with Crippen molar-refractivity contribution in [1.82, 2.24) is 4.98 Å². The van der Waals surface area contributed by atoms with Gasteiger partial charge in [-0.3, -0.25) is 9.78 Å². The van der Waals surface area contributed by atoms with Gasteiger partial charge in [0.15, 0.2) is 0 Å². The second kappa shape index (κ2) is 11.3. The molecule has 0 aliphatic rings. The lowest BCUT2D eigenvalue weighted by molar-refractivity contribution is -0.137. The van der Waals surface area contributed by atoms with Gasteiger partial charge in [-0.25, -0.2) is 0 Å². The molecule has 162 valence electrons. The van der Waals surface area contributed by atoms with E-state index in [2.05, 4.69) is 22.1 Å². The van der Waals surface area contributed by atoms with Crippen molar-refractivity contribution in [2.24, 2.45) is 0 Å². The van der Waals surface area contributed by atoms with Crippen molar-refractivity contribution >= 4 is 17.9 Å². The number of hydrogen-bond donors (Lipinski definition) is 3. The Morgan fingerprint density at radius 2 is 2.03 bits per heavy atom. The molecule has 3 aromatic rings. The van der Waals surface area contributed by atoms with Crippen LogP contribution in [-0.2, 0) is 17.9 Å². The number of nitrogens with zero attached hydrogens (tertiary/aromatic N) is 1. The lowest BCUT2D eigenvalue weighted by Crippen LogP contribution is -2.05. The van der Waals surface area contributed by atoms with Gasteiger partial charge in [0.1, 0.15) is 12.4 Å². The molecular weight excluding hydrogens is 402 g/mol. The summed E-state index contributed by atoms with van der Waals surface area (Å²) in [4.78, 5) is 15.2. The summed E-state index contributed by atoms with van der Waals surface area (Å²) in [6.45, 7) is 2.68. The third-order valence-corrected chi connectivity index (χ3v) is 4.86. The Labute approximate surface area is 187 Å². The topological polar surface area (TPSA) is 95.3 Å². The highest BCUT2D eigenvalue weighted by molar-refractivity contribution is 5.86.